The summed E-state index contributed by atoms with van der Waals surface area (Å²) in [5, 5.41) is 11.7. The third-order valence-corrected chi connectivity index (χ3v) is 4.24. The van der Waals surface area contributed by atoms with Gasteiger partial charge in [0, 0.05) is 13.5 Å². The number of hydrogen-bond donors (Lipinski definition) is 1. The first-order valence-electron chi connectivity index (χ1n) is 4.81. The second kappa shape index (κ2) is 2.27. The van der Waals surface area contributed by atoms with Gasteiger partial charge in [0.2, 0.25) is 0 Å². The summed E-state index contributed by atoms with van der Waals surface area (Å²) < 4.78 is 27.2. The van der Waals surface area contributed by atoms with Crippen LogP contribution in [0.3, 0.4) is 0 Å². The fourth-order valence-corrected chi connectivity index (χ4v) is 3.56. The van der Waals surface area contributed by atoms with Crippen molar-refractivity contribution in [1.29, 1.82) is 5.26 Å². The summed E-state index contributed by atoms with van der Waals surface area (Å²) in [6.07, 6.45) is 0. The van der Waals surface area contributed by atoms with Crippen LogP contribution >= 0.6 is 0 Å². The molecule has 0 aromatic carbocycles. The third kappa shape index (κ3) is 0.740. The summed E-state index contributed by atoms with van der Waals surface area (Å²) in [6.45, 7) is 5.14. The van der Waals surface area contributed by atoms with E-state index in [4.69, 9.17) is 5.26 Å². The summed E-state index contributed by atoms with van der Waals surface area (Å²) in [5.41, 5.74) is -1.56. The first kappa shape index (κ1) is 9.85. The van der Waals surface area contributed by atoms with Crippen LogP contribution < -0.4 is 5.32 Å². The van der Waals surface area contributed by atoms with Crippen molar-refractivity contribution >= 4 is 0 Å². The van der Waals surface area contributed by atoms with E-state index in [0.29, 0.717) is 6.54 Å². The molecular weight excluding hydrogens is 186 g/mol. The minimum atomic E-state index is -2.79. The van der Waals surface area contributed by atoms with E-state index in [2.05, 4.69) is 5.32 Å². The molecule has 2 rings (SSSR count). The van der Waals surface area contributed by atoms with E-state index >= 15 is 0 Å². The molecule has 0 aromatic rings. The van der Waals surface area contributed by atoms with Gasteiger partial charge in [-0.05, 0) is 11.3 Å². The van der Waals surface area contributed by atoms with E-state index in [-0.39, 0.29) is 5.92 Å². The minimum Gasteiger partial charge on any atom is -0.301 e. The van der Waals surface area contributed by atoms with Gasteiger partial charge in [0.1, 0.15) is 6.04 Å². The SMILES string of the molecule is CC(F)(F)C12C(C#N)NCC1C2(C)C. The Morgan fingerprint density at radius 3 is 2.36 bits per heavy atom. The normalized spacial score (nSPS) is 44.3. The smallest absolute Gasteiger partial charge is 0.254 e. The Morgan fingerprint density at radius 2 is 2.07 bits per heavy atom. The van der Waals surface area contributed by atoms with Crippen molar-refractivity contribution in [2.24, 2.45) is 16.7 Å². The predicted octanol–water partition coefficient (Wildman–Crippen LogP) is 1.78. The maximum Gasteiger partial charge on any atom is 0.254 e. The topological polar surface area (TPSA) is 35.8 Å². The van der Waals surface area contributed by atoms with E-state index in [1.165, 1.54) is 0 Å². The molecule has 1 aliphatic carbocycles. The maximum absolute atomic E-state index is 13.6. The first-order chi connectivity index (χ1) is 6.30. The Hall–Kier alpha value is -0.690. The van der Waals surface area contributed by atoms with Gasteiger partial charge in [-0.1, -0.05) is 13.8 Å². The highest BCUT2D eigenvalue weighted by Crippen LogP contribution is 2.78. The monoisotopic (exact) mass is 200 g/mol. The molecule has 4 heteroatoms. The van der Waals surface area contributed by atoms with Crippen LogP contribution in [0.5, 0.6) is 0 Å². The van der Waals surface area contributed by atoms with Crippen molar-refractivity contribution in [1.82, 2.24) is 5.32 Å². The molecule has 0 spiro atoms. The van der Waals surface area contributed by atoms with E-state index in [0.717, 1.165) is 6.92 Å². The van der Waals surface area contributed by atoms with Gasteiger partial charge in [-0.3, -0.25) is 0 Å². The average Bonchev–Trinajstić information content (AvgIpc) is 2.43. The highest BCUT2D eigenvalue weighted by molar-refractivity contribution is 5.34. The van der Waals surface area contributed by atoms with Crippen molar-refractivity contribution < 1.29 is 8.78 Å². The van der Waals surface area contributed by atoms with Gasteiger partial charge in [0.15, 0.2) is 0 Å². The zero-order valence-electron chi connectivity index (χ0n) is 8.56. The Labute approximate surface area is 82.3 Å². The van der Waals surface area contributed by atoms with E-state index in [1.807, 2.05) is 19.9 Å². The molecule has 0 aromatic heterocycles. The summed E-state index contributed by atoms with van der Waals surface area (Å²) in [7, 11) is 0. The third-order valence-electron chi connectivity index (χ3n) is 4.24. The molecule has 0 amide bonds. The van der Waals surface area contributed by atoms with Gasteiger partial charge >= 0.3 is 0 Å². The molecule has 0 bridgehead atoms. The fourth-order valence-electron chi connectivity index (χ4n) is 3.56. The number of alkyl halides is 2. The number of halogens is 2. The molecule has 2 fully saturated rings. The zero-order chi connectivity index (χ0) is 10.8. The molecule has 0 radical (unpaired) electrons. The van der Waals surface area contributed by atoms with Crippen LogP contribution in [0, 0.1) is 28.1 Å². The number of rotatable bonds is 1. The fraction of sp³-hybridized carbons (Fsp3) is 0.900. The lowest BCUT2D eigenvalue weighted by Gasteiger charge is -2.29. The average molecular weight is 200 g/mol. The van der Waals surface area contributed by atoms with Crippen molar-refractivity contribution in [3.8, 4) is 6.07 Å². The molecule has 1 heterocycles. The van der Waals surface area contributed by atoms with Crippen LogP contribution in [-0.2, 0) is 0 Å². The zero-order valence-corrected chi connectivity index (χ0v) is 8.56. The summed E-state index contributed by atoms with van der Waals surface area (Å²) >= 11 is 0. The first-order valence-corrected chi connectivity index (χ1v) is 4.81. The number of piperidine rings is 1. The lowest BCUT2D eigenvalue weighted by atomic mass is 9.84. The number of nitrogens with one attached hydrogen (secondary N) is 1. The highest BCUT2D eigenvalue weighted by atomic mass is 19.3. The molecule has 1 saturated heterocycles. The predicted molar refractivity (Wildman–Crippen MR) is 47.7 cm³/mol. The van der Waals surface area contributed by atoms with Crippen LogP contribution in [0.1, 0.15) is 20.8 Å². The number of hydrogen-bond acceptors (Lipinski definition) is 2. The van der Waals surface area contributed by atoms with Gasteiger partial charge in [0.25, 0.3) is 5.92 Å². The molecule has 14 heavy (non-hydrogen) atoms. The second-order valence-electron chi connectivity index (χ2n) is 5.00. The number of fused-ring (bicyclic) bond motifs is 1. The summed E-state index contributed by atoms with van der Waals surface area (Å²) in [6, 6.07) is 1.26. The van der Waals surface area contributed by atoms with E-state index in [1.54, 1.807) is 0 Å². The van der Waals surface area contributed by atoms with Crippen LogP contribution in [0.25, 0.3) is 0 Å². The molecule has 1 N–H and O–H groups in total. The number of nitrogens with zero attached hydrogens (tertiary/aromatic N) is 1. The standard InChI is InChI=1S/C10H14F2N2/c1-8(2)6-5-14-7(4-13)10(6,8)9(3,11)12/h6-7,14H,5H2,1-3H3. The summed E-state index contributed by atoms with van der Waals surface area (Å²) in [4.78, 5) is 0. The van der Waals surface area contributed by atoms with Crippen LogP contribution in [0.4, 0.5) is 8.78 Å². The molecule has 2 aliphatic rings. The van der Waals surface area contributed by atoms with E-state index in [9.17, 15) is 8.78 Å². The number of nitriles is 1. The Balaban J connectivity index is 2.45. The lowest BCUT2D eigenvalue weighted by Crippen LogP contribution is -2.44. The molecule has 1 saturated carbocycles. The Bertz CT molecular complexity index is 301. The lowest BCUT2D eigenvalue weighted by molar-refractivity contribution is -0.0754. The minimum absolute atomic E-state index is 0.0698. The van der Waals surface area contributed by atoms with Gasteiger partial charge in [0.05, 0.1) is 11.5 Å². The molecule has 1 aliphatic heterocycles. The largest absolute Gasteiger partial charge is 0.301 e. The van der Waals surface area contributed by atoms with Gasteiger partial charge in [-0.2, -0.15) is 5.26 Å². The Morgan fingerprint density at radius 1 is 1.50 bits per heavy atom. The van der Waals surface area contributed by atoms with Crippen molar-refractivity contribution in [2.45, 2.75) is 32.7 Å². The van der Waals surface area contributed by atoms with Crippen molar-refractivity contribution in [2.75, 3.05) is 6.54 Å². The van der Waals surface area contributed by atoms with E-state index < -0.39 is 22.8 Å². The highest BCUT2D eigenvalue weighted by Gasteiger charge is 2.85. The molecule has 3 atom stereocenters. The molecule has 78 valence electrons. The quantitative estimate of drug-likeness (QED) is 0.700. The van der Waals surface area contributed by atoms with Gasteiger partial charge in [-0.25, -0.2) is 8.78 Å². The molecule has 2 nitrogen and oxygen atoms in total. The van der Waals surface area contributed by atoms with Crippen LogP contribution in [-0.4, -0.2) is 18.5 Å². The van der Waals surface area contributed by atoms with Crippen molar-refractivity contribution in [3.05, 3.63) is 0 Å². The van der Waals surface area contributed by atoms with Gasteiger partial charge in [-0.15, -0.1) is 0 Å². The molecular formula is C10H14F2N2. The van der Waals surface area contributed by atoms with Gasteiger partial charge < -0.3 is 5.32 Å². The van der Waals surface area contributed by atoms with Crippen molar-refractivity contribution in [3.63, 3.8) is 0 Å². The molecule has 3 unspecified atom stereocenters. The second-order valence-corrected chi connectivity index (χ2v) is 5.00. The van der Waals surface area contributed by atoms with Crippen LogP contribution in [0.15, 0.2) is 0 Å². The Kier molecular flexibility index (Phi) is 1.60. The maximum atomic E-state index is 13.6. The summed E-state index contributed by atoms with van der Waals surface area (Å²) in [5.74, 6) is -2.86. The van der Waals surface area contributed by atoms with Crippen LogP contribution in [0.2, 0.25) is 0 Å².